The summed E-state index contributed by atoms with van der Waals surface area (Å²) in [6.07, 6.45) is 0. The quantitative estimate of drug-likeness (QED) is 0.520. The first-order valence-corrected chi connectivity index (χ1v) is 6.53. The molecule has 0 saturated heterocycles. The Hall–Kier alpha value is -1.76. The first-order chi connectivity index (χ1) is 8.61. The van der Waals surface area contributed by atoms with Crippen LogP contribution < -0.4 is 0 Å². The Morgan fingerprint density at radius 2 is 1.06 bits per heavy atom. The van der Waals surface area contributed by atoms with Gasteiger partial charge in [-0.15, -0.1) is 0 Å². The number of nitrogens with zero attached hydrogens (tertiary/aromatic N) is 1. The van der Waals surface area contributed by atoms with Crippen LogP contribution in [-0.4, -0.2) is 4.57 Å². The summed E-state index contributed by atoms with van der Waals surface area (Å²) >= 11 is 0. The van der Waals surface area contributed by atoms with E-state index in [2.05, 4.69) is 80.9 Å². The molecule has 18 heavy (non-hydrogen) atoms. The number of hydrogen-bond donors (Lipinski definition) is 0. The van der Waals surface area contributed by atoms with Crippen LogP contribution in [0.25, 0.3) is 21.8 Å². The van der Waals surface area contributed by atoms with Crippen LogP contribution in [0.1, 0.15) is 20.8 Å². The number of fused-ring (bicyclic) bond motifs is 3. The molecule has 0 bridgehead atoms. The fourth-order valence-electron chi connectivity index (χ4n) is 2.12. The van der Waals surface area contributed by atoms with E-state index in [1.165, 1.54) is 21.8 Å². The molecule has 1 heteroatoms. The zero-order valence-electron chi connectivity index (χ0n) is 11.6. The summed E-state index contributed by atoms with van der Waals surface area (Å²) in [4.78, 5) is 0. The fourth-order valence-corrected chi connectivity index (χ4v) is 2.12. The van der Waals surface area contributed by atoms with Crippen molar-refractivity contribution in [1.29, 1.82) is 0 Å². The zero-order valence-corrected chi connectivity index (χ0v) is 11.6. The van der Waals surface area contributed by atoms with E-state index in [-0.39, 0.29) is 0 Å². The minimum Gasteiger partial charge on any atom is -0.344 e. The van der Waals surface area contributed by atoms with Crippen molar-refractivity contribution in [1.82, 2.24) is 4.57 Å². The molecule has 2 aromatic carbocycles. The second-order valence-electron chi connectivity index (χ2n) is 5.33. The molecule has 0 unspecified atom stereocenters. The van der Waals surface area contributed by atoms with Gasteiger partial charge in [0, 0.05) is 28.9 Å². The van der Waals surface area contributed by atoms with Gasteiger partial charge in [-0.25, -0.2) is 0 Å². The van der Waals surface area contributed by atoms with Crippen molar-refractivity contribution in [3.63, 3.8) is 0 Å². The van der Waals surface area contributed by atoms with Crippen molar-refractivity contribution < 1.29 is 0 Å². The highest BCUT2D eigenvalue weighted by molar-refractivity contribution is 6.07. The summed E-state index contributed by atoms with van der Waals surface area (Å²) < 4.78 is 2.24. The number of rotatable bonds is 0. The largest absolute Gasteiger partial charge is 0.344 e. The monoisotopic (exact) mass is 239 g/mol. The lowest BCUT2D eigenvalue weighted by atomic mass is 10.2. The van der Waals surface area contributed by atoms with Gasteiger partial charge >= 0.3 is 0 Å². The number of aryl methyl sites for hydroxylation is 1. The Labute approximate surface area is 109 Å². The molecule has 0 saturated carbocycles. The van der Waals surface area contributed by atoms with Crippen LogP contribution in [0.15, 0.2) is 48.5 Å². The normalized spacial score (nSPS) is 10.7. The molecular formula is C17H21N. The number of para-hydroxylation sites is 2. The lowest BCUT2D eigenvalue weighted by Crippen LogP contribution is -1.84. The number of benzene rings is 2. The molecule has 0 atom stereocenters. The highest BCUT2D eigenvalue weighted by Gasteiger charge is 2.04. The SMILES string of the molecule is CC(C)C.Cn1c2ccccc2c2ccccc21. The van der Waals surface area contributed by atoms with Gasteiger partial charge in [0.05, 0.1) is 0 Å². The summed E-state index contributed by atoms with van der Waals surface area (Å²) in [6, 6.07) is 17.0. The van der Waals surface area contributed by atoms with Gasteiger partial charge in [-0.2, -0.15) is 0 Å². The average Bonchev–Trinajstić information content (AvgIpc) is 2.64. The first kappa shape index (κ1) is 12.7. The average molecular weight is 239 g/mol. The topological polar surface area (TPSA) is 4.93 Å². The van der Waals surface area contributed by atoms with Crippen molar-refractivity contribution in [2.75, 3.05) is 0 Å². The van der Waals surface area contributed by atoms with Crippen LogP contribution in [0.2, 0.25) is 0 Å². The Morgan fingerprint density at radius 3 is 1.44 bits per heavy atom. The van der Waals surface area contributed by atoms with Crippen molar-refractivity contribution in [3.8, 4) is 0 Å². The third kappa shape index (κ3) is 2.40. The predicted molar refractivity (Wildman–Crippen MR) is 80.9 cm³/mol. The predicted octanol–water partition coefficient (Wildman–Crippen LogP) is 4.99. The van der Waals surface area contributed by atoms with E-state index < -0.39 is 0 Å². The van der Waals surface area contributed by atoms with Crippen molar-refractivity contribution in [2.45, 2.75) is 20.8 Å². The second kappa shape index (κ2) is 5.26. The standard InChI is InChI=1S/C13H11N.C4H10/c1-14-12-8-4-2-6-10(12)11-7-3-5-9-13(11)14;1-4(2)3/h2-9H,1H3;4H,1-3H3. The van der Waals surface area contributed by atoms with Gasteiger partial charge in [0.1, 0.15) is 0 Å². The van der Waals surface area contributed by atoms with Crippen LogP contribution in [0.5, 0.6) is 0 Å². The van der Waals surface area contributed by atoms with Gasteiger partial charge in [-0.05, 0) is 18.1 Å². The molecule has 94 valence electrons. The van der Waals surface area contributed by atoms with E-state index in [4.69, 9.17) is 0 Å². The highest BCUT2D eigenvalue weighted by Crippen LogP contribution is 2.26. The molecule has 0 aliphatic heterocycles. The summed E-state index contributed by atoms with van der Waals surface area (Å²) in [6.45, 7) is 6.50. The molecule has 1 heterocycles. The summed E-state index contributed by atoms with van der Waals surface area (Å²) in [5.41, 5.74) is 2.60. The molecule has 3 aromatic rings. The number of aromatic nitrogens is 1. The molecule has 0 radical (unpaired) electrons. The minimum atomic E-state index is 0.833. The van der Waals surface area contributed by atoms with E-state index >= 15 is 0 Å². The third-order valence-electron chi connectivity index (χ3n) is 2.82. The maximum absolute atomic E-state index is 2.24. The van der Waals surface area contributed by atoms with E-state index in [9.17, 15) is 0 Å². The molecule has 0 N–H and O–H groups in total. The van der Waals surface area contributed by atoms with E-state index in [1.54, 1.807) is 0 Å². The summed E-state index contributed by atoms with van der Waals surface area (Å²) in [5.74, 6) is 0.833. The fraction of sp³-hybridized carbons (Fsp3) is 0.294. The van der Waals surface area contributed by atoms with Crippen LogP contribution >= 0.6 is 0 Å². The molecular weight excluding hydrogens is 218 g/mol. The van der Waals surface area contributed by atoms with E-state index in [0.717, 1.165) is 5.92 Å². The van der Waals surface area contributed by atoms with Crippen molar-refractivity contribution >= 4 is 21.8 Å². The smallest absolute Gasteiger partial charge is 0.0488 e. The maximum atomic E-state index is 2.24. The number of hydrogen-bond acceptors (Lipinski definition) is 0. The first-order valence-electron chi connectivity index (χ1n) is 6.53. The Bertz CT molecular complexity index is 591. The molecule has 0 aliphatic carbocycles. The van der Waals surface area contributed by atoms with E-state index in [1.807, 2.05) is 0 Å². The van der Waals surface area contributed by atoms with Crippen LogP contribution in [-0.2, 0) is 7.05 Å². The Morgan fingerprint density at radius 1 is 0.722 bits per heavy atom. The van der Waals surface area contributed by atoms with Gasteiger partial charge in [-0.1, -0.05) is 57.2 Å². The van der Waals surface area contributed by atoms with Gasteiger partial charge in [0.25, 0.3) is 0 Å². The summed E-state index contributed by atoms with van der Waals surface area (Å²) in [5, 5.41) is 2.68. The molecule has 0 aliphatic rings. The van der Waals surface area contributed by atoms with Gasteiger partial charge in [-0.3, -0.25) is 0 Å². The van der Waals surface area contributed by atoms with Gasteiger partial charge < -0.3 is 4.57 Å². The molecule has 1 aromatic heterocycles. The third-order valence-corrected chi connectivity index (χ3v) is 2.82. The molecule has 0 fully saturated rings. The van der Waals surface area contributed by atoms with Crippen molar-refractivity contribution in [2.24, 2.45) is 13.0 Å². The van der Waals surface area contributed by atoms with Crippen molar-refractivity contribution in [3.05, 3.63) is 48.5 Å². The summed E-state index contributed by atoms with van der Waals surface area (Å²) in [7, 11) is 2.12. The van der Waals surface area contributed by atoms with Crippen LogP contribution in [0.4, 0.5) is 0 Å². The van der Waals surface area contributed by atoms with Crippen LogP contribution in [0.3, 0.4) is 0 Å². The molecule has 1 nitrogen and oxygen atoms in total. The molecule has 0 spiro atoms. The molecule has 3 rings (SSSR count). The van der Waals surface area contributed by atoms with E-state index in [0.29, 0.717) is 0 Å². The minimum absolute atomic E-state index is 0.833. The molecule has 0 amide bonds. The highest BCUT2D eigenvalue weighted by atomic mass is 14.9. The zero-order chi connectivity index (χ0) is 13.1. The maximum Gasteiger partial charge on any atom is 0.0488 e. The Balaban J connectivity index is 0.000000267. The Kier molecular flexibility index (Phi) is 3.71. The van der Waals surface area contributed by atoms with Crippen LogP contribution in [0, 0.1) is 5.92 Å². The second-order valence-corrected chi connectivity index (χ2v) is 5.33. The van der Waals surface area contributed by atoms with Gasteiger partial charge in [0.15, 0.2) is 0 Å². The lowest BCUT2D eigenvalue weighted by molar-refractivity contribution is 0.737. The lowest BCUT2D eigenvalue weighted by Gasteiger charge is -1.95. The van der Waals surface area contributed by atoms with Gasteiger partial charge in [0.2, 0.25) is 0 Å².